The molecule has 2 heterocycles. The van der Waals surface area contributed by atoms with Crippen molar-refractivity contribution in [2.45, 2.75) is 51.5 Å². The Morgan fingerprint density at radius 3 is 2.89 bits per heavy atom. The Morgan fingerprint density at radius 2 is 2.26 bits per heavy atom. The second-order valence-corrected chi connectivity index (χ2v) is 5.90. The number of hydrogen-bond donors (Lipinski definition) is 1. The molecule has 104 valence electrons. The number of carbonyl (C=O) groups is 2. The molecule has 0 bridgehead atoms. The van der Waals surface area contributed by atoms with Gasteiger partial charge in [-0.1, -0.05) is 0 Å². The number of amides is 1. The molecule has 4 heteroatoms. The zero-order valence-corrected chi connectivity index (χ0v) is 11.7. The quantitative estimate of drug-likeness (QED) is 0.905. The van der Waals surface area contributed by atoms with E-state index in [1.54, 1.807) is 0 Å². The van der Waals surface area contributed by atoms with Gasteiger partial charge in [-0.15, -0.1) is 0 Å². The first-order valence-electron chi connectivity index (χ1n) is 6.93. The van der Waals surface area contributed by atoms with Crippen LogP contribution in [0.25, 0.3) is 0 Å². The van der Waals surface area contributed by atoms with E-state index in [4.69, 9.17) is 0 Å². The van der Waals surface area contributed by atoms with E-state index in [9.17, 15) is 9.59 Å². The summed E-state index contributed by atoms with van der Waals surface area (Å²) in [5.74, 6) is 0.439. The number of aromatic nitrogens is 1. The fraction of sp³-hybridized carbons (Fsp3) is 0.600. The van der Waals surface area contributed by atoms with Gasteiger partial charge >= 0.3 is 0 Å². The third-order valence-corrected chi connectivity index (χ3v) is 3.79. The van der Waals surface area contributed by atoms with E-state index in [1.165, 1.54) is 5.56 Å². The first-order chi connectivity index (χ1) is 8.99. The summed E-state index contributed by atoms with van der Waals surface area (Å²) in [6.45, 7) is 4.54. The Kier molecular flexibility index (Phi) is 4.08. The summed E-state index contributed by atoms with van der Waals surface area (Å²) >= 11 is 0. The molecule has 19 heavy (non-hydrogen) atoms. The zero-order chi connectivity index (χ0) is 13.9. The summed E-state index contributed by atoms with van der Waals surface area (Å²) in [7, 11) is 0. The highest BCUT2D eigenvalue weighted by atomic mass is 16.2. The number of rotatable bonds is 4. The molecule has 1 saturated heterocycles. The van der Waals surface area contributed by atoms with Gasteiger partial charge in [0.05, 0.1) is 0 Å². The van der Waals surface area contributed by atoms with Crippen molar-refractivity contribution in [2.75, 3.05) is 6.54 Å². The number of nitrogens with zero attached hydrogens (tertiary/aromatic N) is 1. The SMILES string of the molecule is CC1(C)CC(=O)CCN1C(=O)CCCc1cc[nH]c1. The van der Waals surface area contributed by atoms with Crippen LogP contribution in [0.5, 0.6) is 0 Å². The van der Waals surface area contributed by atoms with E-state index in [1.807, 2.05) is 37.2 Å². The molecule has 1 aliphatic heterocycles. The van der Waals surface area contributed by atoms with Crippen molar-refractivity contribution in [3.63, 3.8) is 0 Å². The summed E-state index contributed by atoms with van der Waals surface area (Å²) in [5, 5.41) is 0. The molecule has 0 saturated carbocycles. The Bertz CT molecular complexity index is 449. The third-order valence-electron chi connectivity index (χ3n) is 3.79. The second kappa shape index (κ2) is 5.59. The van der Waals surface area contributed by atoms with E-state index in [2.05, 4.69) is 4.98 Å². The number of ketones is 1. The third kappa shape index (κ3) is 3.46. The number of nitrogens with one attached hydrogen (secondary N) is 1. The van der Waals surface area contributed by atoms with E-state index >= 15 is 0 Å². The lowest BCUT2D eigenvalue weighted by Gasteiger charge is -2.41. The van der Waals surface area contributed by atoms with Crippen LogP contribution >= 0.6 is 0 Å². The topological polar surface area (TPSA) is 53.2 Å². The van der Waals surface area contributed by atoms with E-state index < -0.39 is 0 Å². The van der Waals surface area contributed by atoms with Crippen LogP contribution in [0.3, 0.4) is 0 Å². The first kappa shape index (κ1) is 13.8. The lowest BCUT2D eigenvalue weighted by molar-refractivity contribution is -0.142. The van der Waals surface area contributed by atoms with Crippen molar-refractivity contribution in [1.29, 1.82) is 0 Å². The highest BCUT2D eigenvalue weighted by molar-refractivity contribution is 5.85. The van der Waals surface area contributed by atoms with Crippen LogP contribution in [0.1, 0.15) is 45.1 Å². The Morgan fingerprint density at radius 1 is 1.47 bits per heavy atom. The Labute approximate surface area is 114 Å². The number of Topliss-reactive ketones (excluding diaryl/α,β-unsaturated/α-hetero) is 1. The highest BCUT2D eigenvalue weighted by Gasteiger charge is 2.36. The molecular formula is C15H22N2O2. The predicted octanol–water partition coefficient (Wildman–Crippen LogP) is 2.31. The average Bonchev–Trinajstić information content (AvgIpc) is 2.80. The Hall–Kier alpha value is -1.58. The normalized spacial score (nSPS) is 18.6. The van der Waals surface area contributed by atoms with Crippen molar-refractivity contribution in [2.24, 2.45) is 0 Å². The van der Waals surface area contributed by atoms with Crippen LogP contribution in [0.4, 0.5) is 0 Å². The van der Waals surface area contributed by atoms with Crippen LogP contribution in [0, 0.1) is 0 Å². The maximum atomic E-state index is 12.3. The minimum atomic E-state index is -0.319. The maximum absolute atomic E-state index is 12.3. The van der Waals surface area contributed by atoms with E-state index in [-0.39, 0.29) is 17.2 Å². The lowest BCUT2D eigenvalue weighted by Crippen LogP contribution is -2.53. The number of hydrogen-bond acceptors (Lipinski definition) is 2. The molecule has 1 aliphatic rings. The molecule has 0 atom stereocenters. The molecule has 4 nitrogen and oxygen atoms in total. The number of aryl methyl sites for hydroxylation is 1. The molecule has 1 amide bonds. The molecule has 1 N–H and O–H groups in total. The van der Waals surface area contributed by atoms with Crippen LogP contribution < -0.4 is 0 Å². The van der Waals surface area contributed by atoms with Crippen LogP contribution in [-0.4, -0.2) is 33.7 Å². The molecule has 1 aromatic rings. The van der Waals surface area contributed by atoms with Crippen molar-refractivity contribution in [3.8, 4) is 0 Å². The van der Waals surface area contributed by atoms with Gasteiger partial charge in [-0.3, -0.25) is 9.59 Å². The second-order valence-electron chi connectivity index (χ2n) is 5.90. The summed E-state index contributed by atoms with van der Waals surface area (Å²) in [6, 6.07) is 2.04. The largest absolute Gasteiger partial charge is 0.367 e. The van der Waals surface area contributed by atoms with Crippen molar-refractivity contribution >= 4 is 11.7 Å². The molecule has 1 aromatic heterocycles. The van der Waals surface area contributed by atoms with Gasteiger partial charge in [0.25, 0.3) is 0 Å². The molecule has 0 aliphatic carbocycles. The minimum absolute atomic E-state index is 0.174. The maximum Gasteiger partial charge on any atom is 0.223 e. The predicted molar refractivity (Wildman–Crippen MR) is 73.8 cm³/mol. The van der Waals surface area contributed by atoms with Gasteiger partial charge in [-0.2, -0.15) is 0 Å². The summed E-state index contributed by atoms with van der Waals surface area (Å²) in [5.41, 5.74) is 0.918. The first-order valence-corrected chi connectivity index (χ1v) is 6.93. The fourth-order valence-electron chi connectivity index (χ4n) is 2.76. The molecule has 1 fully saturated rings. The molecule has 0 aromatic carbocycles. The summed E-state index contributed by atoms with van der Waals surface area (Å²) in [6.07, 6.45) is 7.19. The van der Waals surface area contributed by atoms with E-state index in [0.29, 0.717) is 25.8 Å². The van der Waals surface area contributed by atoms with Gasteiger partial charge in [-0.05, 0) is 38.3 Å². The minimum Gasteiger partial charge on any atom is -0.367 e. The van der Waals surface area contributed by atoms with Crippen LogP contribution in [0.15, 0.2) is 18.5 Å². The standard InChI is InChI=1S/C15H22N2O2/c1-15(2)10-13(18)7-9-17(15)14(19)5-3-4-12-6-8-16-11-12/h6,8,11,16H,3-5,7,9-10H2,1-2H3. The monoisotopic (exact) mass is 262 g/mol. The van der Waals surface area contributed by atoms with E-state index in [0.717, 1.165) is 12.8 Å². The number of likely N-dealkylation sites (tertiary alicyclic amines) is 1. The van der Waals surface area contributed by atoms with Gasteiger partial charge in [0.15, 0.2) is 0 Å². The average molecular weight is 262 g/mol. The number of piperidine rings is 1. The zero-order valence-electron chi connectivity index (χ0n) is 11.7. The van der Waals surface area contributed by atoms with Gasteiger partial charge in [0, 0.05) is 43.7 Å². The molecule has 0 radical (unpaired) electrons. The van der Waals surface area contributed by atoms with Crippen molar-refractivity contribution < 1.29 is 9.59 Å². The molecule has 2 rings (SSSR count). The summed E-state index contributed by atoms with van der Waals surface area (Å²) in [4.78, 5) is 28.6. The lowest BCUT2D eigenvalue weighted by atomic mass is 9.89. The Balaban J connectivity index is 1.84. The molecular weight excluding hydrogens is 240 g/mol. The highest BCUT2D eigenvalue weighted by Crippen LogP contribution is 2.26. The van der Waals surface area contributed by atoms with Crippen molar-refractivity contribution in [3.05, 3.63) is 24.0 Å². The molecule has 0 unspecified atom stereocenters. The summed E-state index contributed by atoms with van der Waals surface area (Å²) < 4.78 is 0. The van der Waals surface area contributed by atoms with Gasteiger partial charge < -0.3 is 9.88 Å². The number of H-pyrrole nitrogens is 1. The van der Waals surface area contributed by atoms with Gasteiger partial charge in [0.2, 0.25) is 5.91 Å². The smallest absolute Gasteiger partial charge is 0.223 e. The van der Waals surface area contributed by atoms with Crippen molar-refractivity contribution in [1.82, 2.24) is 9.88 Å². The number of carbonyl (C=O) groups excluding carboxylic acids is 2. The van der Waals surface area contributed by atoms with Gasteiger partial charge in [-0.25, -0.2) is 0 Å². The number of aromatic amines is 1. The van der Waals surface area contributed by atoms with Crippen LogP contribution in [0.2, 0.25) is 0 Å². The van der Waals surface area contributed by atoms with Gasteiger partial charge in [0.1, 0.15) is 5.78 Å². The fourth-order valence-corrected chi connectivity index (χ4v) is 2.76. The van der Waals surface area contributed by atoms with Crippen LogP contribution in [-0.2, 0) is 16.0 Å². The molecule has 0 spiro atoms.